The molecule has 0 unspecified atom stereocenters. The van der Waals surface area contributed by atoms with Gasteiger partial charge in [-0.2, -0.15) is 0 Å². The molecule has 1 aromatic carbocycles. The highest BCUT2D eigenvalue weighted by atomic mass is 16.1. The van der Waals surface area contributed by atoms with Crippen molar-refractivity contribution in [1.82, 2.24) is 9.97 Å². The molecule has 23 heavy (non-hydrogen) atoms. The van der Waals surface area contributed by atoms with E-state index in [1.165, 1.54) is 0 Å². The fourth-order valence-electron chi connectivity index (χ4n) is 2.46. The van der Waals surface area contributed by atoms with Gasteiger partial charge in [-0.15, -0.1) is 0 Å². The summed E-state index contributed by atoms with van der Waals surface area (Å²) in [6.45, 7) is 3.90. The molecular formula is C19H17N3O. The van der Waals surface area contributed by atoms with Gasteiger partial charge in [-0.3, -0.25) is 14.8 Å². The zero-order valence-electron chi connectivity index (χ0n) is 13.1. The van der Waals surface area contributed by atoms with Crippen LogP contribution in [0.15, 0.2) is 54.9 Å². The maximum atomic E-state index is 12.5. The number of aryl methyl sites for hydroxylation is 1. The molecule has 0 fully saturated rings. The van der Waals surface area contributed by atoms with Gasteiger partial charge in [0.25, 0.3) is 5.91 Å². The molecule has 2 aromatic heterocycles. The molecule has 0 radical (unpaired) electrons. The molecule has 0 saturated heterocycles. The maximum absolute atomic E-state index is 12.5. The van der Waals surface area contributed by atoms with Gasteiger partial charge in [-0.25, -0.2) is 0 Å². The highest BCUT2D eigenvalue weighted by Crippen LogP contribution is 2.17. The smallest absolute Gasteiger partial charge is 0.255 e. The van der Waals surface area contributed by atoms with Crippen molar-refractivity contribution in [3.8, 4) is 0 Å². The van der Waals surface area contributed by atoms with Crippen molar-refractivity contribution in [3.63, 3.8) is 0 Å². The van der Waals surface area contributed by atoms with Crippen LogP contribution in [0.25, 0.3) is 17.1 Å². The Hall–Kier alpha value is -3.01. The Kier molecular flexibility index (Phi) is 4.15. The molecule has 114 valence electrons. The molecule has 0 saturated carbocycles. The first-order chi connectivity index (χ1) is 11.2. The van der Waals surface area contributed by atoms with Crippen molar-refractivity contribution in [2.45, 2.75) is 13.8 Å². The number of anilines is 1. The molecular weight excluding hydrogens is 286 g/mol. The van der Waals surface area contributed by atoms with Crippen LogP contribution < -0.4 is 5.32 Å². The van der Waals surface area contributed by atoms with E-state index < -0.39 is 0 Å². The second-order valence-electron chi connectivity index (χ2n) is 5.29. The van der Waals surface area contributed by atoms with Crippen LogP contribution in [0.5, 0.6) is 0 Å². The van der Waals surface area contributed by atoms with Crippen molar-refractivity contribution < 1.29 is 4.79 Å². The third-order valence-corrected chi connectivity index (χ3v) is 3.56. The summed E-state index contributed by atoms with van der Waals surface area (Å²) < 4.78 is 0. The van der Waals surface area contributed by atoms with Gasteiger partial charge in [0.1, 0.15) is 0 Å². The number of rotatable bonds is 3. The standard InChI is InChI=1S/C19H17N3O/c1-3-5-14-7-8-16(13(2)10-14)19(23)22-15-11-18-17(21-12-15)6-4-9-20-18/h3-12H,1-2H3,(H,22,23)/b5-3+. The molecule has 3 rings (SSSR count). The Morgan fingerprint density at radius 2 is 2.00 bits per heavy atom. The average Bonchev–Trinajstić information content (AvgIpc) is 2.55. The first-order valence-corrected chi connectivity index (χ1v) is 7.43. The molecule has 3 aromatic rings. The SMILES string of the molecule is C/C=C/c1ccc(C(=O)Nc2cnc3cccnc3c2)c(C)c1. The third-order valence-electron chi connectivity index (χ3n) is 3.56. The van der Waals surface area contributed by atoms with Crippen LogP contribution in [0, 0.1) is 6.92 Å². The molecule has 0 spiro atoms. The quantitative estimate of drug-likeness (QED) is 0.788. The average molecular weight is 303 g/mol. The number of fused-ring (bicyclic) bond motifs is 1. The summed E-state index contributed by atoms with van der Waals surface area (Å²) in [5, 5.41) is 2.88. The Morgan fingerprint density at radius 3 is 2.78 bits per heavy atom. The summed E-state index contributed by atoms with van der Waals surface area (Å²) in [6.07, 6.45) is 7.33. The second kappa shape index (κ2) is 6.40. The summed E-state index contributed by atoms with van der Waals surface area (Å²) in [6, 6.07) is 11.3. The van der Waals surface area contributed by atoms with Crippen LogP contribution >= 0.6 is 0 Å². The van der Waals surface area contributed by atoms with Crippen LogP contribution in [-0.4, -0.2) is 15.9 Å². The van der Waals surface area contributed by atoms with Crippen molar-refractivity contribution in [2.24, 2.45) is 0 Å². The van der Waals surface area contributed by atoms with Crippen LogP contribution in [0.3, 0.4) is 0 Å². The fourth-order valence-corrected chi connectivity index (χ4v) is 2.46. The number of hydrogen-bond acceptors (Lipinski definition) is 3. The highest BCUT2D eigenvalue weighted by Gasteiger charge is 2.10. The largest absolute Gasteiger partial charge is 0.321 e. The van der Waals surface area contributed by atoms with E-state index in [4.69, 9.17) is 0 Å². The van der Waals surface area contributed by atoms with Gasteiger partial charge >= 0.3 is 0 Å². The van der Waals surface area contributed by atoms with Crippen LogP contribution in [0.4, 0.5) is 5.69 Å². The Morgan fingerprint density at radius 1 is 1.13 bits per heavy atom. The van der Waals surface area contributed by atoms with Gasteiger partial charge < -0.3 is 5.32 Å². The lowest BCUT2D eigenvalue weighted by Gasteiger charge is -2.09. The number of amides is 1. The van der Waals surface area contributed by atoms with E-state index in [2.05, 4.69) is 15.3 Å². The summed E-state index contributed by atoms with van der Waals surface area (Å²) in [7, 11) is 0. The zero-order valence-corrected chi connectivity index (χ0v) is 13.1. The molecule has 0 aliphatic carbocycles. The van der Waals surface area contributed by atoms with Gasteiger partial charge in [0, 0.05) is 11.8 Å². The van der Waals surface area contributed by atoms with E-state index in [1.807, 2.05) is 62.4 Å². The first kappa shape index (κ1) is 14.9. The minimum absolute atomic E-state index is 0.147. The lowest BCUT2D eigenvalue weighted by Crippen LogP contribution is -2.13. The van der Waals surface area contributed by atoms with E-state index in [-0.39, 0.29) is 5.91 Å². The molecule has 0 bridgehead atoms. The van der Waals surface area contributed by atoms with E-state index in [9.17, 15) is 4.79 Å². The predicted octanol–water partition coefficient (Wildman–Crippen LogP) is 4.22. The zero-order chi connectivity index (χ0) is 16.2. The van der Waals surface area contributed by atoms with Crippen molar-refractivity contribution in [2.75, 3.05) is 5.32 Å². The maximum Gasteiger partial charge on any atom is 0.255 e. The van der Waals surface area contributed by atoms with Crippen molar-refractivity contribution >= 4 is 28.7 Å². The minimum atomic E-state index is -0.147. The molecule has 4 heteroatoms. The number of hydrogen-bond donors (Lipinski definition) is 1. The van der Waals surface area contributed by atoms with E-state index >= 15 is 0 Å². The lowest BCUT2D eigenvalue weighted by atomic mass is 10.0. The lowest BCUT2D eigenvalue weighted by molar-refractivity contribution is 0.102. The topological polar surface area (TPSA) is 54.9 Å². The number of allylic oxidation sites excluding steroid dienone is 1. The van der Waals surface area contributed by atoms with Gasteiger partial charge in [0.2, 0.25) is 0 Å². The normalized spacial score (nSPS) is 11.0. The van der Waals surface area contributed by atoms with Crippen LogP contribution in [-0.2, 0) is 0 Å². The van der Waals surface area contributed by atoms with Crippen LogP contribution in [0.2, 0.25) is 0 Å². The summed E-state index contributed by atoms with van der Waals surface area (Å²) in [5.74, 6) is -0.147. The van der Waals surface area contributed by atoms with Gasteiger partial charge in [-0.1, -0.05) is 24.3 Å². The molecule has 0 aliphatic heterocycles. The Bertz CT molecular complexity index is 900. The second-order valence-corrected chi connectivity index (χ2v) is 5.29. The van der Waals surface area contributed by atoms with Crippen molar-refractivity contribution in [3.05, 3.63) is 71.6 Å². The Labute approximate surface area is 134 Å². The Balaban J connectivity index is 1.85. The molecule has 0 aliphatic rings. The number of pyridine rings is 2. The highest BCUT2D eigenvalue weighted by molar-refractivity contribution is 6.05. The van der Waals surface area contributed by atoms with Crippen LogP contribution in [0.1, 0.15) is 28.4 Å². The number of nitrogens with zero attached hydrogens (tertiary/aromatic N) is 2. The fraction of sp³-hybridized carbons (Fsp3) is 0.105. The monoisotopic (exact) mass is 303 g/mol. The van der Waals surface area contributed by atoms with Gasteiger partial charge in [0.05, 0.1) is 22.9 Å². The van der Waals surface area contributed by atoms with E-state index in [0.717, 1.165) is 22.2 Å². The van der Waals surface area contributed by atoms with E-state index in [1.54, 1.807) is 12.4 Å². The summed E-state index contributed by atoms with van der Waals surface area (Å²) >= 11 is 0. The number of nitrogens with one attached hydrogen (secondary N) is 1. The molecule has 4 nitrogen and oxygen atoms in total. The number of carbonyl (C=O) groups excluding carboxylic acids is 1. The third kappa shape index (κ3) is 3.26. The number of aromatic nitrogens is 2. The van der Waals surface area contributed by atoms with Gasteiger partial charge in [-0.05, 0) is 49.2 Å². The van der Waals surface area contributed by atoms with Crippen molar-refractivity contribution in [1.29, 1.82) is 0 Å². The summed E-state index contributed by atoms with van der Waals surface area (Å²) in [5.41, 5.74) is 4.86. The molecule has 0 atom stereocenters. The summed E-state index contributed by atoms with van der Waals surface area (Å²) in [4.78, 5) is 21.0. The first-order valence-electron chi connectivity index (χ1n) is 7.43. The minimum Gasteiger partial charge on any atom is -0.321 e. The number of carbonyl (C=O) groups is 1. The van der Waals surface area contributed by atoms with E-state index in [0.29, 0.717) is 11.3 Å². The molecule has 1 N–H and O–H groups in total. The predicted molar refractivity (Wildman–Crippen MR) is 93.4 cm³/mol. The number of benzene rings is 1. The molecule has 1 amide bonds. The molecule has 2 heterocycles. The van der Waals surface area contributed by atoms with Gasteiger partial charge in [0.15, 0.2) is 0 Å².